The average Bonchev–Trinajstić information content (AvgIpc) is 3.31. The lowest BCUT2D eigenvalue weighted by Gasteiger charge is -2.30. The topological polar surface area (TPSA) is 88.2 Å². The summed E-state index contributed by atoms with van der Waals surface area (Å²) in [6.07, 6.45) is 1.06. The van der Waals surface area contributed by atoms with E-state index in [2.05, 4.69) is 11.4 Å². The highest BCUT2D eigenvalue weighted by molar-refractivity contribution is 6.09. The molecule has 8 heteroatoms. The Bertz CT molecular complexity index is 1080. The highest BCUT2D eigenvalue weighted by Gasteiger charge is 2.48. The number of amides is 4. The number of carbonyl (C=O) groups is 3. The van der Waals surface area contributed by atoms with Crippen molar-refractivity contribution in [1.82, 2.24) is 15.1 Å². The van der Waals surface area contributed by atoms with Crippen LogP contribution in [0, 0.1) is 0 Å². The zero-order valence-electron chi connectivity index (χ0n) is 17.2. The molecule has 0 aliphatic carbocycles. The third kappa shape index (κ3) is 3.48. The van der Waals surface area contributed by atoms with Crippen LogP contribution in [0.2, 0.25) is 0 Å². The Kier molecular flexibility index (Phi) is 4.57. The van der Waals surface area contributed by atoms with E-state index in [4.69, 9.17) is 9.47 Å². The Morgan fingerprint density at radius 3 is 2.71 bits per heavy atom. The minimum Gasteiger partial charge on any atom is -0.454 e. The van der Waals surface area contributed by atoms with Gasteiger partial charge in [-0.05, 0) is 42.2 Å². The lowest BCUT2D eigenvalue weighted by atomic mass is 9.92. The first-order chi connectivity index (χ1) is 14.9. The van der Waals surface area contributed by atoms with Gasteiger partial charge in [0, 0.05) is 19.5 Å². The molecule has 1 atom stereocenters. The molecule has 3 aliphatic heterocycles. The highest BCUT2D eigenvalue weighted by atomic mass is 16.7. The van der Waals surface area contributed by atoms with Gasteiger partial charge in [0.2, 0.25) is 12.7 Å². The first-order valence-electron chi connectivity index (χ1n) is 10.3. The number of rotatable bonds is 4. The third-order valence-electron chi connectivity index (χ3n) is 6.12. The summed E-state index contributed by atoms with van der Waals surface area (Å²) in [6.45, 7) is 2.66. The van der Waals surface area contributed by atoms with E-state index in [1.54, 1.807) is 17.9 Å². The van der Waals surface area contributed by atoms with Crippen molar-refractivity contribution >= 4 is 17.8 Å². The molecular weight excluding hydrogens is 398 g/mol. The molecule has 160 valence electrons. The van der Waals surface area contributed by atoms with Gasteiger partial charge in [0.05, 0.1) is 0 Å². The molecule has 0 bridgehead atoms. The second kappa shape index (κ2) is 7.30. The van der Waals surface area contributed by atoms with E-state index < -0.39 is 17.5 Å². The molecule has 0 spiro atoms. The number of benzene rings is 2. The maximum absolute atomic E-state index is 13.1. The fourth-order valence-corrected chi connectivity index (χ4v) is 4.41. The van der Waals surface area contributed by atoms with Crippen molar-refractivity contribution in [2.24, 2.45) is 0 Å². The van der Waals surface area contributed by atoms with Crippen LogP contribution in [-0.4, -0.2) is 53.1 Å². The molecule has 2 aromatic rings. The number of urea groups is 1. The maximum atomic E-state index is 13.1. The van der Waals surface area contributed by atoms with Crippen LogP contribution in [0.5, 0.6) is 11.5 Å². The van der Waals surface area contributed by atoms with Gasteiger partial charge >= 0.3 is 6.03 Å². The summed E-state index contributed by atoms with van der Waals surface area (Å²) < 4.78 is 10.7. The number of carbonyl (C=O) groups excluding carboxylic acids is 3. The molecule has 1 N–H and O–H groups in total. The van der Waals surface area contributed by atoms with Crippen molar-refractivity contribution in [1.29, 1.82) is 0 Å². The quantitative estimate of drug-likeness (QED) is 0.762. The molecule has 0 saturated carbocycles. The minimum atomic E-state index is -1.13. The Hall–Kier alpha value is -3.55. The van der Waals surface area contributed by atoms with E-state index in [1.165, 1.54) is 5.56 Å². The molecule has 5 rings (SSSR count). The summed E-state index contributed by atoms with van der Waals surface area (Å²) in [5.74, 6) is 0.646. The molecule has 31 heavy (non-hydrogen) atoms. The van der Waals surface area contributed by atoms with Gasteiger partial charge < -0.3 is 19.7 Å². The maximum Gasteiger partial charge on any atom is 0.325 e. The summed E-state index contributed by atoms with van der Waals surface area (Å²) in [7, 11) is 0. The molecule has 3 aliphatic rings. The summed E-state index contributed by atoms with van der Waals surface area (Å²) in [4.78, 5) is 41.3. The molecule has 1 saturated heterocycles. The summed E-state index contributed by atoms with van der Waals surface area (Å²) in [5.41, 5.74) is 2.05. The van der Waals surface area contributed by atoms with Gasteiger partial charge in [-0.2, -0.15) is 0 Å². The largest absolute Gasteiger partial charge is 0.454 e. The van der Waals surface area contributed by atoms with Crippen LogP contribution in [0.15, 0.2) is 42.5 Å². The van der Waals surface area contributed by atoms with E-state index in [0.717, 1.165) is 22.4 Å². The number of fused-ring (bicyclic) bond motifs is 2. The van der Waals surface area contributed by atoms with Crippen LogP contribution in [0.4, 0.5) is 4.79 Å². The highest BCUT2D eigenvalue weighted by Crippen LogP contribution is 2.34. The van der Waals surface area contributed by atoms with Gasteiger partial charge in [-0.15, -0.1) is 0 Å². The van der Waals surface area contributed by atoms with E-state index in [-0.39, 0.29) is 25.7 Å². The van der Waals surface area contributed by atoms with Crippen molar-refractivity contribution in [3.8, 4) is 11.5 Å². The van der Waals surface area contributed by atoms with Crippen LogP contribution >= 0.6 is 0 Å². The average molecular weight is 421 g/mol. The molecule has 4 amide bonds. The Labute approximate surface area is 179 Å². The van der Waals surface area contributed by atoms with Crippen molar-refractivity contribution in [2.45, 2.75) is 31.8 Å². The zero-order chi connectivity index (χ0) is 21.6. The zero-order valence-corrected chi connectivity index (χ0v) is 17.2. The van der Waals surface area contributed by atoms with Gasteiger partial charge in [-0.1, -0.05) is 30.3 Å². The lowest BCUT2D eigenvalue weighted by molar-refractivity contribution is -0.139. The smallest absolute Gasteiger partial charge is 0.325 e. The molecule has 8 nitrogen and oxygen atoms in total. The van der Waals surface area contributed by atoms with Crippen molar-refractivity contribution in [2.75, 3.05) is 19.9 Å². The lowest BCUT2D eigenvalue weighted by Crippen LogP contribution is -2.47. The molecule has 3 heterocycles. The first kappa shape index (κ1) is 19.4. The Morgan fingerprint density at radius 2 is 1.87 bits per heavy atom. The minimum absolute atomic E-state index is 0.169. The van der Waals surface area contributed by atoms with E-state index in [0.29, 0.717) is 24.6 Å². The van der Waals surface area contributed by atoms with E-state index in [9.17, 15) is 14.4 Å². The molecule has 0 radical (unpaired) electrons. The normalized spacial score (nSPS) is 21.8. The predicted molar refractivity (Wildman–Crippen MR) is 110 cm³/mol. The Balaban J connectivity index is 1.27. The second-order valence-corrected chi connectivity index (χ2v) is 8.35. The summed E-state index contributed by atoms with van der Waals surface area (Å²) >= 11 is 0. The number of nitrogens with zero attached hydrogens (tertiary/aromatic N) is 2. The number of imide groups is 1. The van der Waals surface area contributed by atoms with Crippen molar-refractivity contribution in [3.05, 3.63) is 59.2 Å². The van der Waals surface area contributed by atoms with Crippen molar-refractivity contribution < 1.29 is 23.9 Å². The van der Waals surface area contributed by atoms with E-state index in [1.807, 2.05) is 30.3 Å². The summed E-state index contributed by atoms with van der Waals surface area (Å²) in [5, 5.41) is 2.76. The fraction of sp³-hybridized carbons (Fsp3) is 0.348. The summed E-state index contributed by atoms with van der Waals surface area (Å²) in [6, 6.07) is 12.9. The second-order valence-electron chi connectivity index (χ2n) is 8.35. The van der Waals surface area contributed by atoms with Crippen LogP contribution in [0.1, 0.15) is 23.6 Å². The standard InChI is InChI=1S/C23H23N3O5/c1-23(11-15-6-7-18-19(10-15)31-14-30-18)21(28)26(22(29)24-23)13-20(27)25-9-8-16-4-2-3-5-17(16)12-25/h2-7,10H,8-9,11-14H2,1H3,(H,24,29)/t23-/m1/s1. The van der Waals surface area contributed by atoms with Gasteiger partial charge in [0.1, 0.15) is 12.1 Å². The molecule has 0 aromatic heterocycles. The van der Waals surface area contributed by atoms with Crippen LogP contribution in [0.3, 0.4) is 0 Å². The van der Waals surface area contributed by atoms with E-state index >= 15 is 0 Å². The number of hydrogen-bond donors (Lipinski definition) is 1. The van der Waals surface area contributed by atoms with Crippen molar-refractivity contribution in [3.63, 3.8) is 0 Å². The predicted octanol–water partition coefficient (Wildman–Crippen LogP) is 1.85. The Morgan fingerprint density at radius 1 is 1.10 bits per heavy atom. The number of nitrogens with one attached hydrogen (secondary N) is 1. The van der Waals surface area contributed by atoms with Gasteiger partial charge in [0.25, 0.3) is 5.91 Å². The number of ether oxygens (including phenoxy) is 2. The van der Waals surface area contributed by atoms with Gasteiger partial charge in [0.15, 0.2) is 11.5 Å². The fourth-order valence-electron chi connectivity index (χ4n) is 4.41. The van der Waals surface area contributed by atoms with Gasteiger partial charge in [-0.3, -0.25) is 14.5 Å². The third-order valence-corrected chi connectivity index (χ3v) is 6.12. The monoisotopic (exact) mass is 421 g/mol. The van der Waals surface area contributed by atoms with Crippen LogP contribution in [0.25, 0.3) is 0 Å². The molecular formula is C23H23N3O5. The van der Waals surface area contributed by atoms with Gasteiger partial charge in [-0.25, -0.2) is 4.79 Å². The molecule has 0 unspecified atom stereocenters. The number of hydrogen-bond acceptors (Lipinski definition) is 5. The van der Waals surface area contributed by atoms with Crippen LogP contribution in [-0.2, 0) is 29.0 Å². The molecule has 1 fully saturated rings. The first-order valence-corrected chi connectivity index (χ1v) is 10.3. The van der Waals surface area contributed by atoms with Crippen LogP contribution < -0.4 is 14.8 Å². The SMILES string of the molecule is C[C@]1(Cc2ccc3c(c2)OCO3)NC(=O)N(CC(=O)N2CCc3ccccc3C2)C1=O. The molecule has 2 aromatic carbocycles.